The molecule has 0 saturated carbocycles. The second-order valence-electron chi connectivity index (χ2n) is 4.23. The van der Waals surface area contributed by atoms with E-state index in [-0.39, 0.29) is 6.42 Å². The third-order valence-electron chi connectivity index (χ3n) is 2.58. The highest BCUT2D eigenvalue weighted by atomic mass is 79.9. The zero-order valence-electron chi connectivity index (χ0n) is 10.4. The Bertz CT molecular complexity index is 270. The maximum absolute atomic E-state index is 12.6. The van der Waals surface area contributed by atoms with Gasteiger partial charge in [-0.05, 0) is 12.8 Å². The van der Waals surface area contributed by atoms with Crippen LogP contribution in [0.15, 0.2) is 0 Å². The molecule has 1 unspecified atom stereocenters. The predicted octanol–water partition coefficient (Wildman–Crippen LogP) is 5.02. The van der Waals surface area contributed by atoms with Crippen molar-refractivity contribution in [3.8, 4) is 0 Å². The first-order chi connectivity index (χ1) is 8.73. The molecule has 116 valence electrons. The van der Waals surface area contributed by atoms with Crippen LogP contribution in [0.2, 0.25) is 0 Å². The van der Waals surface area contributed by atoms with Crippen LogP contribution in [0.25, 0.3) is 0 Å². The average Bonchev–Trinajstić information content (AvgIpc) is 2.30. The van der Waals surface area contributed by atoms with Crippen LogP contribution in [-0.4, -0.2) is 26.7 Å². The van der Waals surface area contributed by atoms with Gasteiger partial charge < -0.3 is 0 Å². The van der Waals surface area contributed by atoms with Gasteiger partial charge in [-0.3, -0.25) is 4.21 Å². The fourth-order valence-corrected chi connectivity index (χ4v) is 2.85. The lowest BCUT2D eigenvalue weighted by atomic mass is 10.1. The SMILES string of the molecule is O=S(CCCCCCCCCBr)C(F)(F)C(F)(F)F. The maximum Gasteiger partial charge on any atom is 0.466 e. The molecule has 1 atom stereocenters. The molecule has 0 fully saturated rings. The van der Waals surface area contributed by atoms with Crippen LogP contribution < -0.4 is 0 Å². The van der Waals surface area contributed by atoms with Crippen LogP contribution in [0.5, 0.6) is 0 Å². The Morgan fingerprint density at radius 3 is 1.63 bits per heavy atom. The summed E-state index contributed by atoms with van der Waals surface area (Å²) in [4.78, 5) is 0. The number of rotatable bonds is 10. The van der Waals surface area contributed by atoms with Crippen LogP contribution in [0.1, 0.15) is 44.9 Å². The van der Waals surface area contributed by atoms with Gasteiger partial charge in [0.15, 0.2) is 0 Å². The van der Waals surface area contributed by atoms with Crippen LogP contribution in [0.3, 0.4) is 0 Å². The molecule has 0 radical (unpaired) electrons. The number of hydrogen-bond acceptors (Lipinski definition) is 1. The van der Waals surface area contributed by atoms with E-state index in [0.29, 0.717) is 6.42 Å². The van der Waals surface area contributed by atoms with Crippen molar-refractivity contribution in [2.24, 2.45) is 0 Å². The molecule has 0 saturated heterocycles. The molecule has 0 heterocycles. The van der Waals surface area contributed by atoms with Gasteiger partial charge in [0.25, 0.3) is 0 Å². The highest BCUT2D eigenvalue weighted by Crippen LogP contribution is 2.38. The summed E-state index contributed by atoms with van der Waals surface area (Å²) in [6.45, 7) is 0. The van der Waals surface area contributed by atoms with E-state index in [1.807, 2.05) is 0 Å². The third-order valence-corrected chi connectivity index (χ3v) is 4.60. The molecular weight excluding hydrogens is 355 g/mol. The van der Waals surface area contributed by atoms with Gasteiger partial charge in [0.2, 0.25) is 0 Å². The molecule has 0 bridgehead atoms. The number of halogens is 6. The normalized spacial score (nSPS) is 14.6. The first kappa shape index (κ1) is 19.3. The van der Waals surface area contributed by atoms with Crippen LogP contribution in [0.4, 0.5) is 22.0 Å². The summed E-state index contributed by atoms with van der Waals surface area (Å²) in [6.07, 6.45) is -0.191. The maximum atomic E-state index is 12.6. The lowest BCUT2D eigenvalue weighted by Crippen LogP contribution is -2.41. The zero-order valence-corrected chi connectivity index (χ0v) is 12.9. The molecular formula is C11H18BrF5OS. The minimum Gasteiger partial charge on any atom is -0.253 e. The average molecular weight is 373 g/mol. The molecule has 0 N–H and O–H groups in total. The van der Waals surface area contributed by atoms with Crippen molar-refractivity contribution in [2.45, 2.75) is 56.4 Å². The van der Waals surface area contributed by atoms with E-state index in [4.69, 9.17) is 0 Å². The summed E-state index contributed by atoms with van der Waals surface area (Å²) in [6, 6.07) is 0. The molecule has 0 spiro atoms. The lowest BCUT2D eigenvalue weighted by Gasteiger charge is -2.18. The molecule has 0 aliphatic heterocycles. The van der Waals surface area contributed by atoms with E-state index >= 15 is 0 Å². The van der Waals surface area contributed by atoms with E-state index in [2.05, 4.69) is 15.9 Å². The van der Waals surface area contributed by atoms with Gasteiger partial charge in [-0.2, -0.15) is 22.0 Å². The van der Waals surface area contributed by atoms with Crippen molar-refractivity contribution in [2.75, 3.05) is 11.1 Å². The van der Waals surface area contributed by atoms with Gasteiger partial charge >= 0.3 is 11.4 Å². The fourth-order valence-electron chi connectivity index (χ4n) is 1.47. The number of hydrogen-bond donors (Lipinski definition) is 0. The van der Waals surface area contributed by atoms with Crippen LogP contribution in [0, 0.1) is 0 Å². The predicted molar refractivity (Wildman–Crippen MR) is 70.1 cm³/mol. The van der Waals surface area contributed by atoms with Gasteiger partial charge in [-0.1, -0.05) is 48.0 Å². The van der Waals surface area contributed by atoms with Gasteiger partial charge in [-0.25, -0.2) is 0 Å². The Morgan fingerprint density at radius 1 is 0.789 bits per heavy atom. The van der Waals surface area contributed by atoms with Crippen molar-refractivity contribution in [1.82, 2.24) is 0 Å². The second-order valence-corrected chi connectivity index (χ2v) is 6.63. The molecule has 1 nitrogen and oxygen atoms in total. The quantitative estimate of drug-likeness (QED) is 0.299. The summed E-state index contributed by atoms with van der Waals surface area (Å²) in [5, 5.41) is -4.15. The molecule has 0 aromatic carbocycles. The van der Waals surface area contributed by atoms with Crippen molar-refractivity contribution in [3.63, 3.8) is 0 Å². The summed E-state index contributed by atoms with van der Waals surface area (Å²) in [5.74, 6) is -0.603. The molecule has 19 heavy (non-hydrogen) atoms. The zero-order chi connectivity index (χ0) is 14.9. The van der Waals surface area contributed by atoms with Gasteiger partial charge in [-0.15, -0.1) is 0 Å². The molecule has 0 rings (SSSR count). The minimum atomic E-state index is -5.73. The van der Waals surface area contributed by atoms with Gasteiger partial charge in [0.05, 0.1) is 0 Å². The second kappa shape index (κ2) is 9.26. The fraction of sp³-hybridized carbons (Fsp3) is 1.00. The van der Waals surface area contributed by atoms with E-state index in [1.165, 1.54) is 0 Å². The molecule has 8 heteroatoms. The molecule has 0 aromatic heterocycles. The van der Waals surface area contributed by atoms with Crippen molar-refractivity contribution in [3.05, 3.63) is 0 Å². The highest BCUT2D eigenvalue weighted by molar-refractivity contribution is 9.09. The third kappa shape index (κ3) is 7.58. The number of alkyl halides is 6. The van der Waals surface area contributed by atoms with E-state index in [9.17, 15) is 26.2 Å². The van der Waals surface area contributed by atoms with E-state index < -0.39 is 28.0 Å². The Morgan fingerprint density at radius 2 is 1.21 bits per heavy atom. The van der Waals surface area contributed by atoms with Gasteiger partial charge in [0.1, 0.15) is 10.8 Å². The largest absolute Gasteiger partial charge is 0.466 e. The molecule has 0 amide bonds. The van der Waals surface area contributed by atoms with Crippen molar-refractivity contribution >= 4 is 26.7 Å². The molecule has 0 aromatic rings. The Labute approximate surface area is 120 Å². The minimum absolute atomic E-state index is 0.136. The van der Waals surface area contributed by atoms with Crippen molar-refractivity contribution in [1.29, 1.82) is 0 Å². The van der Waals surface area contributed by atoms with E-state index in [1.54, 1.807) is 0 Å². The smallest absolute Gasteiger partial charge is 0.253 e. The topological polar surface area (TPSA) is 17.1 Å². The lowest BCUT2D eigenvalue weighted by molar-refractivity contribution is -0.239. The monoisotopic (exact) mass is 372 g/mol. The number of unbranched alkanes of at least 4 members (excludes halogenated alkanes) is 6. The Balaban J connectivity index is 3.70. The highest BCUT2D eigenvalue weighted by Gasteiger charge is 2.61. The summed E-state index contributed by atoms with van der Waals surface area (Å²) >= 11 is 3.30. The van der Waals surface area contributed by atoms with Crippen LogP contribution in [-0.2, 0) is 10.8 Å². The summed E-state index contributed by atoms with van der Waals surface area (Å²) < 4.78 is 71.8. The first-order valence-electron chi connectivity index (χ1n) is 6.12. The van der Waals surface area contributed by atoms with Gasteiger partial charge in [0, 0.05) is 11.1 Å². The van der Waals surface area contributed by atoms with Crippen molar-refractivity contribution < 1.29 is 26.2 Å². The van der Waals surface area contributed by atoms with E-state index in [0.717, 1.165) is 37.4 Å². The summed E-state index contributed by atoms with van der Waals surface area (Å²) in [7, 11) is -3.17. The molecule has 0 aliphatic rings. The van der Waals surface area contributed by atoms with Crippen LogP contribution >= 0.6 is 15.9 Å². The summed E-state index contributed by atoms with van der Waals surface area (Å²) in [5.41, 5.74) is 0. The Kier molecular flexibility index (Phi) is 9.40. The first-order valence-corrected chi connectivity index (χ1v) is 8.56. The molecule has 0 aliphatic carbocycles. The standard InChI is InChI=1S/C11H18BrF5OS/c12-8-6-4-2-1-3-5-7-9-19(18)11(16,17)10(13,14)15/h1-9H2. The Hall–Kier alpha value is 0.280.